The molecule has 0 aliphatic carbocycles. The first-order valence-corrected chi connectivity index (χ1v) is 9.43. The molecule has 2 aromatic rings. The minimum atomic E-state index is -3.86. The lowest BCUT2D eigenvalue weighted by Gasteiger charge is -2.35. The van der Waals surface area contributed by atoms with Crippen molar-refractivity contribution < 1.29 is 22.3 Å². The Morgan fingerprint density at radius 3 is 3.00 bits per heavy atom. The van der Waals surface area contributed by atoms with Crippen molar-refractivity contribution >= 4 is 16.0 Å². The van der Waals surface area contributed by atoms with Crippen LogP contribution in [0.4, 0.5) is 4.39 Å². The highest BCUT2D eigenvalue weighted by molar-refractivity contribution is 7.89. The quantitative estimate of drug-likeness (QED) is 0.759. The molecule has 1 aliphatic heterocycles. The largest absolute Gasteiger partial charge is 0.468 e. The third kappa shape index (κ3) is 3.76. The van der Waals surface area contributed by atoms with E-state index in [0.29, 0.717) is 18.7 Å². The number of aromatic nitrogens is 2. The summed E-state index contributed by atoms with van der Waals surface area (Å²) < 4.78 is 46.8. The van der Waals surface area contributed by atoms with Gasteiger partial charge in [-0.15, -0.1) is 0 Å². The van der Waals surface area contributed by atoms with Crippen LogP contribution in [0.25, 0.3) is 0 Å². The Kier molecular flexibility index (Phi) is 5.35. The number of piperazine rings is 1. The van der Waals surface area contributed by atoms with E-state index in [4.69, 9.17) is 0 Å². The molecule has 26 heavy (non-hydrogen) atoms. The minimum absolute atomic E-state index is 0.0234. The number of sulfonamides is 1. The maximum atomic E-state index is 13.6. The van der Waals surface area contributed by atoms with Gasteiger partial charge in [-0.1, -0.05) is 12.1 Å². The minimum Gasteiger partial charge on any atom is -0.468 e. The lowest BCUT2D eigenvalue weighted by atomic mass is 10.1. The van der Waals surface area contributed by atoms with Crippen molar-refractivity contribution in [2.45, 2.75) is 17.5 Å². The number of benzene rings is 1. The summed E-state index contributed by atoms with van der Waals surface area (Å²) >= 11 is 0. The normalized spacial score (nSPS) is 18.6. The Morgan fingerprint density at radius 1 is 1.46 bits per heavy atom. The van der Waals surface area contributed by atoms with Gasteiger partial charge in [0.05, 0.1) is 19.3 Å². The lowest BCUT2D eigenvalue weighted by molar-refractivity contribution is -0.141. The van der Waals surface area contributed by atoms with Gasteiger partial charge in [-0.2, -0.15) is 9.40 Å². The van der Waals surface area contributed by atoms with E-state index in [2.05, 4.69) is 15.2 Å². The molecule has 0 radical (unpaired) electrons. The van der Waals surface area contributed by atoms with E-state index in [1.807, 2.05) is 0 Å². The summed E-state index contributed by atoms with van der Waals surface area (Å²) in [4.78, 5) is 11.3. The van der Waals surface area contributed by atoms with Gasteiger partial charge in [-0.05, 0) is 17.7 Å². The van der Waals surface area contributed by atoms with Crippen molar-refractivity contribution in [2.24, 2.45) is 0 Å². The molecule has 3 rings (SSSR count). The van der Waals surface area contributed by atoms with Crippen LogP contribution in [0.3, 0.4) is 0 Å². The number of hydrogen-bond acceptors (Lipinski definition) is 6. The smallest absolute Gasteiger partial charge is 0.327 e. The van der Waals surface area contributed by atoms with Crippen LogP contribution >= 0.6 is 0 Å². The molecule has 1 atom stereocenters. The maximum absolute atomic E-state index is 13.6. The number of hydrogen-bond donors (Lipinski definition) is 1. The van der Waals surface area contributed by atoms with Gasteiger partial charge in [0.25, 0.3) is 0 Å². The predicted octanol–water partition coefficient (Wildman–Crippen LogP) is 0.530. The van der Waals surface area contributed by atoms with Gasteiger partial charge >= 0.3 is 5.97 Å². The summed E-state index contributed by atoms with van der Waals surface area (Å²) in [6.07, 6.45) is 2.49. The number of rotatable bonds is 5. The Bertz CT molecular complexity index is 899. The Balaban J connectivity index is 1.90. The number of nitrogens with one attached hydrogen (secondary N) is 1. The first-order valence-electron chi connectivity index (χ1n) is 7.99. The molecule has 1 unspecified atom stereocenters. The van der Waals surface area contributed by atoms with Gasteiger partial charge in [0.1, 0.15) is 17.3 Å². The first kappa shape index (κ1) is 18.5. The highest BCUT2D eigenvalue weighted by atomic mass is 32.2. The Morgan fingerprint density at radius 2 is 2.27 bits per heavy atom. The summed E-state index contributed by atoms with van der Waals surface area (Å²) in [5.74, 6) is -0.951. The van der Waals surface area contributed by atoms with E-state index < -0.39 is 27.9 Å². The molecule has 8 nitrogen and oxygen atoms in total. The van der Waals surface area contributed by atoms with Crippen molar-refractivity contribution in [3.05, 3.63) is 48.0 Å². The van der Waals surface area contributed by atoms with E-state index in [-0.39, 0.29) is 18.0 Å². The molecule has 10 heteroatoms. The van der Waals surface area contributed by atoms with Crippen LogP contribution in [0.15, 0.2) is 41.6 Å². The van der Waals surface area contributed by atoms with E-state index in [0.717, 1.165) is 0 Å². The van der Waals surface area contributed by atoms with Crippen molar-refractivity contribution in [1.82, 2.24) is 19.4 Å². The van der Waals surface area contributed by atoms with Crippen LogP contribution < -0.4 is 5.32 Å². The number of carbonyl (C=O) groups excluding carboxylic acids is 1. The van der Waals surface area contributed by atoms with Crippen LogP contribution in [-0.2, 0) is 26.1 Å². The summed E-state index contributed by atoms with van der Waals surface area (Å²) in [6.45, 7) is 0.924. The zero-order valence-corrected chi connectivity index (χ0v) is 14.9. The van der Waals surface area contributed by atoms with Crippen LogP contribution in [0.2, 0.25) is 0 Å². The first-order chi connectivity index (χ1) is 12.4. The molecule has 0 amide bonds. The molecule has 1 aliphatic rings. The van der Waals surface area contributed by atoms with E-state index in [9.17, 15) is 17.6 Å². The molecular formula is C16H19FN4O4S. The second-order valence-corrected chi connectivity index (χ2v) is 7.73. The number of nitrogens with zero attached hydrogens (tertiary/aromatic N) is 3. The summed E-state index contributed by atoms with van der Waals surface area (Å²) in [5, 5.41) is 7.05. The molecule has 2 heterocycles. The number of ether oxygens (including phenoxy) is 1. The van der Waals surface area contributed by atoms with Gasteiger partial charge in [-0.3, -0.25) is 9.48 Å². The fourth-order valence-electron chi connectivity index (χ4n) is 2.87. The van der Waals surface area contributed by atoms with Crippen LogP contribution in [0.5, 0.6) is 0 Å². The highest BCUT2D eigenvalue weighted by Crippen LogP contribution is 2.29. The zero-order valence-electron chi connectivity index (χ0n) is 14.1. The third-order valence-electron chi connectivity index (χ3n) is 4.16. The summed E-state index contributed by atoms with van der Waals surface area (Å²) in [5.41, 5.74) is 0.572. The van der Waals surface area contributed by atoms with Gasteiger partial charge in [0, 0.05) is 25.8 Å². The van der Waals surface area contributed by atoms with E-state index in [1.54, 1.807) is 12.1 Å². The highest BCUT2D eigenvalue weighted by Gasteiger charge is 2.35. The van der Waals surface area contributed by atoms with Gasteiger partial charge in [0.15, 0.2) is 0 Å². The molecule has 1 aromatic heterocycles. The average molecular weight is 382 g/mol. The maximum Gasteiger partial charge on any atom is 0.327 e. The van der Waals surface area contributed by atoms with Crippen molar-refractivity contribution in [2.75, 3.05) is 26.7 Å². The van der Waals surface area contributed by atoms with Crippen LogP contribution in [0, 0.1) is 5.82 Å². The second kappa shape index (κ2) is 7.52. The second-order valence-electron chi connectivity index (χ2n) is 5.84. The molecule has 0 spiro atoms. The Hall–Kier alpha value is -2.30. The Labute approximate surface area is 150 Å². The van der Waals surface area contributed by atoms with Crippen LogP contribution in [0.1, 0.15) is 11.6 Å². The summed E-state index contributed by atoms with van der Waals surface area (Å²) in [6, 6.07) is 5.37. The van der Waals surface area contributed by atoms with Crippen molar-refractivity contribution in [3.63, 3.8) is 0 Å². The van der Waals surface area contributed by atoms with Crippen molar-refractivity contribution in [1.29, 1.82) is 0 Å². The molecule has 1 aromatic carbocycles. The molecule has 1 N–H and O–H groups in total. The van der Waals surface area contributed by atoms with E-state index >= 15 is 0 Å². The predicted molar refractivity (Wildman–Crippen MR) is 90.1 cm³/mol. The molecule has 0 bridgehead atoms. The average Bonchev–Trinajstić information content (AvgIpc) is 3.11. The van der Waals surface area contributed by atoms with Crippen LogP contribution in [-0.4, -0.2) is 55.2 Å². The fourth-order valence-corrected chi connectivity index (χ4v) is 4.44. The standard InChI is InChI=1S/C16H19FN4O4S/c1-25-16(22)11-20-10-14(8-19-20)26(23,24)21-6-5-18-9-15(21)12-3-2-4-13(17)7-12/h2-4,7-8,10,15,18H,5-6,9,11H2,1H3. The molecule has 1 saturated heterocycles. The number of halogens is 1. The van der Waals surface area contributed by atoms with Gasteiger partial charge < -0.3 is 10.1 Å². The van der Waals surface area contributed by atoms with Gasteiger partial charge in [-0.25, -0.2) is 12.8 Å². The molecular weight excluding hydrogens is 363 g/mol. The number of esters is 1. The number of methoxy groups -OCH3 is 1. The monoisotopic (exact) mass is 382 g/mol. The lowest BCUT2D eigenvalue weighted by Crippen LogP contribution is -2.48. The van der Waals surface area contributed by atoms with E-state index in [1.165, 1.54) is 40.6 Å². The molecule has 1 fully saturated rings. The molecule has 0 saturated carbocycles. The molecule has 140 valence electrons. The SMILES string of the molecule is COC(=O)Cn1cc(S(=O)(=O)N2CCNCC2c2cccc(F)c2)cn1. The fraction of sp³-hybridized carbons (Fsp3) is 0.375. The van der Waals surface area contributed by atoms with Gasteiger partial charge in [0.2, 0.25) is 10.0 Å². The third-order valence-corrected chi connectivity index (χ3v) is 6.02. The summed E-state index contributed by atoms with van der Waals surface area (Å²) in [7, 11) is -2.61. The number of carbonyl (C=O) groups is 1. The van der Waals surface area contributed by atoms with Crippen molar-refractivity contribution in [3.8, 4) is 0 Å². The zero-order chi connectivity index (χ0) is 18.7. The topological polar surface area (TPSA) is 93.5 Å².